The average molecular weight is 740 g/mol. The van der Waals surface area contributed by atoms with Crippen molar-refractivity contribution < 1.29 is 33.8 Å². The van der Waals surface area contributed by atoms with E-state index in [0.29, 0.717) is 57.4 Å². The molecular weight excluding hydrogens is 690 g/mol. The summed E-state index contributed by atoms with van der Waals surface area (Å²) < 4.78 is 10.7. The van der Waals surface area contributed by atoms with E-state index >= 15 is 0 Å². The van der Waals surface area contributed by atoms with Crippen LogP contribution in [0.15, 0.2) is 84.9 Å². The summed E-state index contributed by atoms with van der Waals surface area (Å²) in [4.78, 5) is 51.1. The van der Waals surface area contributed by atoms with Gasteiger partial charge in [-0.3, -0.25) is 15.0 Å². The second-order valence-corrected chi connectivity index (χ2v) is 11.8. The first-order valence-corrected chi connectivity index (χ1v) is 17.0. The highest BCUT2D eigenvalue weighted by Crippen LogP contribution is 2.12. The average Bonchev–Trinajstić information content (AvgIpc) is 3.13. The fraction of sp³-hybridized carbons (Fsp3) is 0.378. The topological polar surface area (TPSA) is 208 Å². The summed E-state index contributed by atoms with van der Waals surface area (Å²) in [6.07, 6.45) is 0.620. The predicted octanol–water partition coefficient (Wildman–Crippen LogP) is 4.07. The maximum absolute atomic E-state index is 12.9. The number of alkyl carbamates (subject to hydrolysis) is 1. The Bertz CT molecular complexity index is 1520. The highest BCUT2D eigenvalue weighted by atomic mass is 35.5. The summed E-state index contributed by atoms with van der Waals surface area (Å²) in [6, 6.07) is 26.1. The smallest absolute Gasteiger partial charge is 0.410 e. The number of nitrogens with two attached hydrogens (primary N) is 1. The number of aliphatic hydroxyl groups is 1. The summed E-state index contributed by atoms with van der Waals surface area (Å²) in [5.74, 6) is -1.01. The summed E-state index contributed by atoms with van der Waals surface area (Å²) >= 11 is 0. The SMILES string of the molecule is Cl.N=C(N)Nc1ccc(CCCC(=O)NCC(O)C(=O)NCCCCN(CCCNC(=O)OCc2ccccc2)C(=O)OCc2ccccc2)cc1. The van der Waals surface area contributed by atoms with E-state index < -0.39 is 24.2 Å². The summed E-state index contributed by atoms with van der Waals surface area (Å²) in [6.45, 7) is 1.35. The van der Waals surface area contributed by atoms with Crippen LogP contribution in [0, 0.1) is 5.41 Å². The quantitative estimate of drug-likeness (QED) is 0.0477. The number of carbonyl (C=O) groups excluding carboxylic acids is 4. The predicted molar refractivity (Wildman–Crippen MR) is 201 cm³/mol. The second-order valence-electron chi connectivity index (χ2n) is 11.8. The molecule has 3 aromatic carbocycles. The monoisotopic (exact) mass is 739 g/mol. The Kier molecular flexibility index (Phi) is 20.4. The number of aryl methyl sites for hydroxylation is 1. The Morgan fingerprint density at radius 3 is 1.96 bits per heavy atom. The van der Waals surface area contributed by atoms with Crippen LogP contribution in [0.3, 0.4) is 0 Å². The lowest BCUT2D eigenvalue weighted by molar-refractivity contribution is -0.129. The first kappa shape index (κ1) is 42.8. The van der Waals surface area contributed by atoms with Crippen LogP contribution in [0.25, 0.3) is 0 Å². The third-order valence-corrected chi connectivity index (χ3v) is 7.60. The molecule has 4 amide bonds. The third-order valence-electron chi connectivity index (χ3n) is 7.60. The van der Waals surface area contributed by atoms with E-state index in [2.05, 4.69) is 21.3 Å². The van der Waals surface area contributed by atoms with Gasteiger partial charge in [-0.2, -0.15) is 0 Å². The number of benzene rings is 3. The number of halogens is 1. The van der Waals surface area contributed by atoms with Crippen molar-refractivity contribution in [3.63, 3.8) is 0 Å². The van der Waals surface area contributed by atoms with Gasteiger partial charge in [-0.25, -0.2) is 9.59 Å². The highest BCUT2D eigenvalue weighted by Gasteiger charge is 2.17. The van der Waals surface area contributed by atoms with E-state index in [4.69, 9.17) is 20.6 Å². The number of rotatable bonds is 21. The number of amides is 4. The van der Waals surface area contributed by atoms with Gasteiger partial charge in [0.25, 0.3) is 5.91 Å². The Hall–Kier alpha value is -5.34. The Morgan fingerprint density at radius 1 is 0.731 bits per heavy atom. The highest BCUT2D eigenvalue weighted by molar-refractivity contribution is 5.89. The number of unbranched alkanes of at least 4 members (excludes halogenated alkanes) is 1. The Morgan fingerprint density at radius 2 is 1.33 bits per heavy atom. The van der Waals surface area contributed by atoms with Crippen molar-refractivity contribution in [1.29, 1.82) is 5.41 Å². The van der Waals surface area contributed by atoms with Gasteiger partial charge in [0, 0.05) is 38.3 Å². The normalized spacial score (nSPS) is 10.9. The lowest BCUT2D eigenvalue weighted by Crippen LogP contribution is -2.43. The molecule has 0 saturated heterocycles. The molecule has 14 nitrogen and oxygen atoms in total. The van der Waals surface area contributed by atoms with Gasteiger partial charge in [-0.1, -0.05) is 72.8 Å². The molecule has 0 heterocycles. The van der Waals surface area contributed by atoms with Crippen molar-refractivity contribution in [3.8, 4) is 0 Å². The van der Waals surface area contributed by atoms with E-state index in [1.54, 1.807) is 17.0 Å². The molecule has 15 heteroatoms. The number of aliphatic hydroxyl groups excluding tert-OH is 1. The molecule has 8 N–H and O–H groups in total. The third kappa shape index (κ3) is 18.1. The Balaban J connectivity index is 0.00000936. The minimum Gasteiger partial charge on any atom is -0.445 e. The number of ether oxygens (including phenoxy) is 2. The molecule has 0 bridgehead atoms. The van der Waals surface area contributed by atoms with E-state index in [-0.39, 0.29) is 57.0 Å². The molecule has 0 aromatic heterocycles. The van der Waals surface area contributed by atoms with Gasteiger partial charge in [-0.05, 0) is 60.9 Å². The van der Waals surface area contributed by atoms with E-state index in [0.717, 1.165) is 16.7 Å². The molecule has 1 atom stereocenters. The standard InChI is InChI=1S/C37H49N7O7.ClH/c38-35(39)43-31-19-17-28(18-20-31)15-9-16-33(46)42-25-32(45)34(47)40-21-7-8-23-44(37(49)51-27-30-13-5-2-6-14-30)24-10-22-41-36(48)50-26-29-11-3-1-4-12-29;/h1-6,11-14,17-20,32,45H,7-10,15-16,21-27H2,(H,40,47)(H,41,48)(H,42,46)(H4,38,39,43);1H. The van der Waals surface area contributed by atoms with Crippen molar-refractivity contribution in [2.75, 3.05) is 38.0 Å². The molecule has 0 aliphatic heterocycles. The minimum atomic E-state index is -1.40. The molecule has 3 rings (SSSR count). The second kappa shape index (κ2) is 24.7. The van der Waals surface area contributed by atoms with Crippen LogP contribution in [0.2, 0.25) is 0 Å². The minimum absolute atomic E-state index is 0. The zero-order chi connectivity index (χ0) is 36.7. The van der Waals surface area contributed by atoms with Gasteiger partial charge in [0.05, 0.1) is 6.54 Å². The summed E-state index contributed by atoms with van der Waals surface area (Å²) in [5.41, 5.74) is 8.79. The fourth-order valence-corrected chi connectivity index (χ4v) is 4.85. The van der Waals surface area contributed by atoms with E-state index in [9.17, 15) is 24.3 Å². The molecule has 52 heavy (non-hydrogen) atoms. The molecule has 0 aliphatic rings. The van der Waals surface area contributed by atoms with Gasteiger partial charge in [-0.15, -0.1) is 12.4 Å². The van der Waals surface area contributed by atoms with Gasteiger partial charge >= 0.3 is 12.2 Å². The number of nitrogens with zero attached hydrogens (tertiary/aromatic N) is 1. The fourth-order valence-electron chi connectivity index (χ4n) is 4.85. The van der Waals surface area contributed by atoms with Gasteiger partial charge in [0.1, 0.15) is 19.3 Å². The van der Waals surface area contributed by atoms with Crippen LogP contribution in [0.5, 0.6) is 0 Å². The largest absolute Gasteiger partial charge is 0.445 e. The first-order valence-electron chi connectivity index (χ1n) is 17.0. The van der Waals surface area contributed by atoms with Crippen molar-refractivity contribution in [2.24, 2.45) is 5.73 Å². The van der Waals surface area contributed by atoms with Crippen LogP contribution >= 0.6 is 12.4 Å². The number of anilines is 1. The van der Waals surface area contributed by atoms with Gasteiger partial charge in [0.2, 0.25) is 5.91 Å². The maximum Gasteiger partial charge on any atom is 0.410 e. The molecule has 282 valence electrons. The van der Waals surface area contributed by atoms with E-state index in [1.165, 1.54) is 0 Å². The zero-order valence-corrected chi connectivity index (χ0v) is 30.0. The van der Waals surface area contributed by atoms with Gasteiger partial charge < -0.3 is 46.5 Å². The number of hydrogen-bond acceptors (Lipinski definition) is 8. The van der Waals surface area contributed by atoms with Crippen molar-refractivity contribution in [2.45, 2.75) is 57.8 Å². The van der Waals surface area contributed by atoms with Crippen molar-refractivity contribution in [3.05, 3.63) is 102 Å². The van der Waals surface area contributed by atoms with Crippen LogP contribution in [-0.2, 0) is 38.7 Å². The lowest BCUT2D eigenvalue weighted by Gasteiger charge is -2.22. The van der Waals surface area contributed by atoms with Crippen LogP contribution in [-0.4, -0.2) is 78.8 Å². The number of nitrogens with one attached hydrogen (secondary N) is 5. The van der Waals surface area contributed by atoms with Crippen molar-refractivity contribution >= 4 is 48.1 Å². The Labute approximate surface area is 310 Å². The molecule has 3 aromatic rings. The molecule has 0 radical (unpaired) electrons. The van der Waals surface area contributed by atoms with Crippen LogP contribution < -0.4 is 27.0 Å². The molecule has 0 spiro atoms. The summed E-state index contributed by atoms with van der Waals surface area (Å²) in [5, 5.41) is 28.1. The van der Waals surface area contributed by atoms with Crippen LogP contribution in [0.4, 0.5) is 15.3 Å². The lowest BCUT2D eigenvalue weighted by atomic mass is 10.1. The number of carbonyl (C=O) groups is 4. The number of guanidine groups is 1. The van der Waals surface area contributed by atoms with Crippen LogP contribution in [0.1, 0.15) is 48.8 Å². The molecule has 0 fully saturated rings. The van der Waals surface area contributed by atoms with E-state index in [1.807, 2.05) is 72.8 Å². The molecular formula is C37H50ClN7O7. The number of hydrogen-bond donors (Lipinski definition) is 7. The summed E-state index contributed by atoms with van der Waals surface area (Å²) in [7, 11) is 0. The zero-order valence-electron chi connectivity index (χ0n) is 29.2. The molecule has 0 saturated carbocycles. The van der Waals surface area contributed by atoms with Gasteiger partial charge in [0.15, 0.2) is 5.96 Å². The molecule has 0 aliphatic carbocycles. The maximum atomic E-state index is 12.9. The molecule has 1 unspecified atom stereocenters. The van der Waals surface area contributed by atoms with Crippen molar-refractivity contribution in [1.82, 2.24) is 20.9 Å². The first-order chi connectivity index (χ1) is 24.7.